The maximum absolute atomic E-state index is 12.4. The minimum Gasteiger partial charge on any atom is -0.491 e. The molecular formula is C20H30N2O3. The molecule has 5 nitrogen and oxygen atoms in total. The van der Waals surface area contributed by atoms with E-state index in [2.05, 4.69) is 12.2 Å². The first-order valence-electron chi connectivity index (χ1n) is 9.35. The number of anilines is 1. The van der Waals surface area contributed by atoms with Crippen molar-refractivity contribution >= 4 is 17.5 Å². The number of benzene rings is 1. The maximum Gasteiger partial charge on any atom is 0.227 e. The molecule has 1 aliphatic heterocycles. The van der Waals surface area contributed by atoms with Gasteiger partial charge in [0.15, 0.2) is 0 Å². The zero-order valence-corrected chi connectivity index (χ0v) is 15.6. The summed E-state index contributed by atoms with van der Waals surface area (Å²) in [5.41, 5.74) is 0.780. The third kappa shape index (κ3) is 6.07. The first-order valence-corrected chi connectivity index (χ1v) is 9.35. The highest BCUT2D eigenvalue weighted by atomic mass is 16.5. The predicted molar refractivity (Wildman–Crippen MR) is 99.7 cm³/mol. The Morgan fingerprint density at radius 2 is 1.84 bits per heavy atom. The van der Waals surface area contributed by atoms with Crippen LogP contribution in [-0.4, -0.2) is 35.9 Å². The van der Waals surface area contributed by atoms with Crippen LogP contribution in [0.25, 0.3) is 0 Å². The highest BCUT2D eigenvalue weighted by Crippen LogP contribution is 2.22. The van der Waals surface area contributed by atoms with Crippen LogP contribution in [0.4, 0.5) is 5.69 Å². The summed E-state index contributed by atoms with van der Waals surface area (Å²) in [6.45, 7) is 7.42. The molecule has 0 bridgehead atoms. The van der Waals surface area contributed by atoms with Gasteiger partial charge < -0.3 is 15.0 Å². The van der Waals surface area contributed by atoms with Gasteiger partial charge in [-0.25, -0.2) is 0 Å². The van der Waals surface area contributed by atoms with Gasteiger partial charge in [-0.15, -0.1) is 0 Å². The third-order valence-electron chi connectivity index (χ3n) is 4.46. The lowest BCUT2D eigenvalue weighted by molar-refractivity contribution is -0.134. The highest BCUT2D eigenvalue weighted by Gasteiger charge is 2.27. The van der Waals surface area contributed by atoms with Crippen molar-refractivity contribution in [3.63, 3.8) is 0 Å². The van der Waals surface area contributed by atoms with Crippen molar-refractivity contribution in [3.05, 3.63) is 24.3 Å². The van der Waals surface area contributed by atoms with E-state index in [1.54, 1.807) is 0 Å². The molecule has 0 saturated carbocycles. The van der Waals surface area contributed by atoms with Crippen LogP contribution >= 0.6 is 0 Å². The molecule has 2 rings (SSSR count). The molecule has 1 aromatic carbocycles. The lowest BCUT2D eigenvalue weighted by atomic mass is 9.95. The van der Waals surface area contributed by atoms with Gasteiger partial charge in [0, 0.05) is 31.1 Å². The van der Waals surface area contributed by atoms with E-state index >= 15 is 0 Å². The Kier molecular flexibility index (Phi) is 7.29. The van der Waals surface area contributed by atoms with Crippen molar-refractivity contribution in [1.82, 2.24) is 4.90 Å². The Bertz CT molecular complexity index is 561. The van der Waals surface area contributed by atoms with Crippen LogP contribution in [0.5, 0.6) is 5.75 Å². The number of likely N-dealkylation sites (tertiary alicyclic amines) is 1. The number of carbonyl (C=O) groups excluding carboxylic acids is 2. The van der Waals surface area contributed by atoms with Crippen LogP contribution in [-0.2, 0) is 9.59 Å². The molecule has 1 aliphatic rings. The van der Waals surface area contributed by atoms with E-state index in [0.717, 1.165) is 37.1 Å². The second kappa shape index (κ2) is 9.44. The second-order valence-corrected chi connectivity index (χ2v) is 6.94. The van der Waals surface area contributed by atoms with Crippen molar-refractivity contribution in [3.8, 4) is 5.75 Å². The molecule has 1 N–H and O–H groups in total. The first kappa shape index (κ1) is 19.3. The minimum atomic E-state index is -0.0261. The lowest BCUT2D eigenvalue weighted by Gasteiger charge is -2.31. The van der Waals surface area contributed by atoms with Gasteiger partial charge in [0.1, 0.15) is 5.75 Å². The van der Waals surface area contributed by atoms with Gasteiger partial charge in [-0.1, -0.05) is 13.3 Å². The summed E-state index contributed by atoms with van der Waals surface area (Å²) >= 11 is 0. The summed E-state index contributed by atoms with van der Waals surface area (Å²) in [5, 5.41) is 2.97. The summed E-state index contributed by atoms with van der Waals surface area (Å²) < 4.78 is 5.60. The molecule has 1 aromatic rings. The van der Waals surface area contributed by atoms with Crippen LogP contribution in [0.1, 0.15) is 52.9 Å². The number of ether oxygens (including phenoxy) is 1. The van der Waals surface area contributed by atoms with Crippen molar-refractivity contribution < 1.29 is 14.3 Å². The van der Waals surface area contributed by atoms with Crippen molar-refractivity contribution in [2.75, 3.05) is 18.4 Å². The average Bonchev–Trinajstić information content (AvgIpc) is 2.61. The van der Waals surface area contributed by atoms with Crippen LogP contribution in [0.2, 0.25) is 0 Å². The van der Waals surface area contributed by atoms with Gasteiger partial charge in [0.05, 0.1) is 6.10 Å². The summed E-state index contributed by atoms with van der Waals surface area (Å²) in [5.74, 6) is 1.04. The topological polar surface area (TPSA) is 58.6 Å². The van der Waals surface area contributed by atoms with E-state index in [1.165, 1.54) is 0 Å². The Morgan fingerprint density at radius 1 is 1.20 bits per heavy atom. The SMILES string of the molecule is CCCCC(=O)N1CCC(C(=O)Nc2ccc(OC(C)C)cc2)CC1. The van der Waals surface area contributed by atoms with Gasteiger partial charge in [-0.3, -0.25) is 9.59 Å². The molecule has 0 spiro atoms. The van der Waals surface area contributed by atoms with Crippen molar-refractivity contribution in [2.24, 2.45) is 5.92 Å². The molecule has 0 radical (unpaired) electrons. The number of hydrogen-bond acceptors (Lipinski definition) is 3. The number of nitrogens with one attached hydrogen (secondary N) is 1. The monoisotopic (exact) mass is 346 g/mol. The third-order valence-corrected chi connectivity index (χ3v) is 4.46. The van der Waals surface area contributed by atoms with Gasteiger partial charge in [0.2, 0.25) is 11.8 Å². The standard InChI is InChI=1S/C20H30N2O3/c1-4-5-6-19(23)22-13-11-16(12-14-22)20(24)21-17-7-9-18(10-8-17)25-15(2)3/h7-10,15-16H,4-6,11-14H2,1-3H3,(H,21,24). The normalized spacial score (nSPS) is 15.3. The lowest BCUT2D eigenvalue weighted by Crippen LogP contribution is -2.41. The van der Waals surface area contributed by atoms with E-state index in [-0.39, 0.29) is 23.8 Å². The molecule has 1 saturated heterocycles. The van der Waals surface area contributed by atoms with Gasteiger partial charge >= 0.3 is 0 Å². The van der Waals surface area contributed by atoms with E-state index < -0.39 is 0 Å². The fourth-order valence-corrected chi connectivity index (χ4v) is 3.01. The highest BCUT2D eigenvalue weighted by molar-refractivity contribution is 5.92. The number of rotatable bonds is 7. The quantitative estimate of drug-likeness (QED) is 0.816. The van der Waals surface area contributed by atoms with Gasteiger partial charge in [-0.2, -0.15) is 0 Å². The number of nitrogens with zero attached hydrogens (tertiary/aromatic N) is 1. The zero-order chi connectivity index (χ0) is 18.2. The molecule has 0 unspecified atom stereocenters. The molecule has 1 heterocycles. The van der Waals surface area contributed by atoms with E-state index in [4.69, 9.17) is 4.74 Å². The Balaban J connectivity index is 1.79. The second-order valence-electron chi connectivity index (χ2n) is 6.94. The number of amides is 2. The fraction of sp³-hybridized carbons (Fsp3) is 0.600. The van der Waals surface area contributed by atoms with Gasteiger partial charge in [0.25, 0.3) is 0 Å². The first-order chi connectivity index (χ1) is 12.0. The van der Waals surface area contributed by atoms with E-state index in [9.17, 15) is 9.59 Å². The maximum atomic E-state index is 12.4. The van der Waals surface area contributed by atoms with Crippen LogP contribution in [0.3, 0.4) is 0 Å². The molecule has 0 aromatic heterocycles. The number of hydrogen-bond donors (Lipinski definition) is 1. The number of carbonyl (C=O) groups is 2. The fourth-order valence-electron chi connectivity index (χ4n) is 3.01. The predicted octanol–water partition coefficient (Wildman–Crippen LogP) is 3.84. The van der Waals surface area contributed by atoms with Crippen LogP contribution in [0.15, 0.2) is 24.3 Å². The van der Waals surface area contributed by atoms with E-state index in [1.807, 2.05) is 43.0 Å². The van der Waals surface area contributed by atoms with Crippen LogP contribution < -0.4 is 10.1 Å². The van der Waals surface area contributed by atoms with Crippen molar-refractivity contribution in [1.29, 1.82) is 0 Å². The van der Waals surface area contributed by atoms with E-state index in [0.29, 0.717) is 19.5 Å². The molecule has 138 valence electrons. The zero-order valence-electron chi connectivity index (χ0n) is 15.6. The summed E-state index contributed by atoms with van der Waals surface area (Å²) in [4.78, 5) is 26.4. The number of unbranched alkanes of at least 4 members (excludes halogenated alkanes) is 1. The van der Waals surface area contributed by atoms with Crippen molar-refractivity contribution in [2.45, 2.75) is 59.0 Å². The molecule has 1 fully saturated rings. The molecule has 5 heteroatoms. The summed E-state index contributed by atoms with van der Waals surface area (Å²) in [6, 6.07) is 7.45. The van der Waals surface area contributed by atoms with Crippen LogP contribution in [0, 0.1) is 5.92 Å². The smallest absolute Gasteiger partial charge is 0.227 e. The Labute approximate surface area is 150 Å². The summed E-state index contributed by atoms with van der Waals surface area (Å²) in [6.07, 6.45) is 4.20. The molecule has 25 heavy (non-hydrogen) atoms. The van der Waals surface area contributed by atoms with Gasteiger partial charge in [-0.05, 0) is 57.4 Å². The minimum absolute atomic E-state index is 0.0261. The molecular weight excluding hydrogens is 316 g/mol. The molecule has 2 amide bonds. The number of piperidine rings is 1. The molecule has 0 aliphatic carbocycles. The Morgan fingerprint density at radius 3 is 2.40 bits per heavy atom. The molecule has 0 atom stereocenters. The largest absolute Gasteiger partial charge is 0.491 e. The Hall–Kier alpha value is -2.04. The summed E-state index contributed by atoms with van der Waals surface area (Å²) in [7, 11) is 0. The average molecular weight is 346 g/mol.